The Morgan fingerprint density at radius 1 is 0.725 bits per heavy atom. The first-order chi connectivity index (χ1) is 32.5. The molecule has 0 radical (unpaired) electrons. The molecule has 0 aliphatic carbocycles. The van der Waals surface area contributed by atoms with Gasteiger partial charge >= 0.3 is 5.97 Å². The van der Waals surface area contributed by atoms with Crippen LogP contribution in [0.4, 0.5) is 11.4 Å². The highest BCUT2D eigenvalue weighted by Crippen LogP contribution is 2.51. The molecular weight excluding hydrogens is 967 g/mol. The third kappa shape index (κ3) is 14.2. The number of benzene rings is 2. The van der Waals surface area contributed by atoms with Crippen LogP contribution in [0.2, 0.25) is 0 Å². The van der Waals surface area contributed by atoms with Crippen molar-refractivity contribution in [2.45, 2.75) is 73.0 Å². The Labute approximate surface area is 402 Å². The van der Waals surface area contributed by atoms with Gasteiger partial charge in [0.05, 0.1) is 67.0 Å². The lowest BCUT2D eigenvalue weighted by Gasteiger charge is -2.30. The van der Waals surface area contributed by atoms with E-state index in [4.69, 9.17) is 28.5 Å². The Kier molecular flexibility index (Phi) is 19.1. The van der Waals surface area contributed by atoms with Gasteiger partial charge in [-0.15, -0.1) is 5.06 Å². The van der Waals surface area contributed by atoms with Crippen molar-refractivity contribution >= 4 is 65.2 Å². The summed E-state index contributed by atoms with van der Waals surface area (Å²) in [6, 6.07) is 8.56. The first-order valence-electron chi connectivity index (χ1n) is 22.0. The van der Waals surface area contributed by atoms with Crippen molar-refractivity contribution in [3.05, 3.63) is 83.6 Å². The molecule has 3 heterocycles. The van der Waals surface area contributed by atoms with E-state index in [2.05, 4.69) is 0 Å². The molecule has 2 atom stereocenters. The molecule has 2 amide bonds. The second-order valence-electron chi connectivity index (χ2n) is 16.7. The zero-order valence-corrected chi connectivity index (χ0v) is 41.4. The third-order valence-corrected chi connectivity index (χ3v) is 14.5. The van der Waals surface area contributed by atoms with Crippen molar-refractivity contribution in [1.29, 1.82) is 0 Å². The topological polar surface area (TPSA) is 279 Å². The molecule has 0 bridgehead atoms. The van der Waals surface area contributed by atoms with Crippen LogP contribution in [0, 0.1) is 0 Å². The number of hydrogen-bond acceptors (Lipinski definition) is 16. The second-order valence-corrected chi connectivity index (χ2v) is 21.1. The number of fused-ring (bicyclic) bond motifs is 2. The summed E-state index contributed by atoms with van der Waals surface area (Å²) < 4.78 is 132. The van der Waals surface area contributed by atoms with Crippen molar-refractivity contribution < 1.29 is 86.4 Å². The number of ether oxygens (including phenoxy) is 5. The van der Waals surface area contributed by atoms with E-state index < -0.39 is 64.7 Å². The highest BCUT2D eigenvalue weighted by Gasteiger charge is 2.48. The monoisotopic (exact) mass is 1030 g/mol. The number of rotatable bonds is 28. The molecule has 1 saturated heterocycles. The first kappa shape index (κ1) is 55.2. The first-order valence-corrected chi connectivity index (χ1v) is 26.5. The van der Waals surface area contributed by atoms with Crippen LogP contribution >= 0.6 is 0 Å². The van der Waals surface area contributed by atoms with Crippen molar-refractivity contribution in [2.24, 2.45) is 0 Å². The van der Waals surface area contributed by atoms with Gasteiger partial charge in [-0.2, -0.15) is 29.8 Å². The maximum Gasteiger partial charge on any atom is 0.335 e. The Balaban J connectivity index is 1.41. The van der Waals surface area contributed by atoms with E-state index in [-0.39, 0.29) is 88.1 Å². The van der Waals surface area contributed by atoms with Gasteiger partial charge in [-0.3, -0.25) is 23.2 Å². The highest BCUT2D eigenvalue weighted by atomic mass is 32.2. The van der Waals surface area contributed by atoms with E-state index in [9.17, 15) is 53.3 Å². The van der Waals surface area contributed by atoms with Crippen LogP contribution in [0.3, 0.4) is 0 Å². The molecule has 0 spiro atoms. The lowest BCUT2D eigenvalue weighted by molar-refractivity contribution is -0.442. The molecule has 3 aliphatic rings. The third-order valence-electron chi connectivity index (χ3n) is 12.0. The van der Waals surface area contributed by atoms with Gasteiger partial charge < -0.3 is 33.4 Å². The summed E-state index contributed by atoms with van der Waals surface area (Å²) in [6.07, 6.45) is 9.29. The van der Waals surface area contributed by atoms with Gasteiger partial charge in [-0.05, 0) is 75.1 Å². The maximum absolute atomic E-state index is 12.3. The van der Waals surface area contributed by atoms with Gasteiger partial charge in [0.2, 0.25) is 5.69 Å². The number of hydrogen-bond donors (Lipinski definition) is 3. The minimum Gasteiger partial charge on any atom is -0.385 e. The molecule has 2 unspecified atom stereocenters. The van der Waals surface area contributed by atoms with Gasteiger partial charge in [0.1, 0.15) is 6.61 Å². The molecule has 2 aromatic carbocycles. The average molecular weight is 1030 g/mol. The predicted octanol–water partition coefficient (Wildman–Crippen LogP) is 3.71. The molecular formula is C45H60N3O18S3+. The molecule has 0 aromatic heterocycles. The van der Waals surface area contributed by atoms with E-state index in [1.807, 2.05) is 35.5 Å². The summed E-state index contributed by atoms with van der Waals surface area (Å²) >= 11 is 0. The van der Waals surface area contributed by atoms with Crippen molar-refractivity contribution in [2.75, 3.05) is 90.8 Å². The Morgan fingerprint density at radius 3 is 1.97 bits per heavy atom. The number of methoxy groups -OCH3 is 2. The molecule has 2 aromatic rings. The summed E-state index contributed by atoms with van der Waals surface area (Å²) in [5.74, 6) is -2.50. The fourth-order valence-corrected chi connectivity index (χ4v) is 10.0. The summed E-state index contributed by atoms with van der Waals surface area (Å²) in [4.78, 5) is 41.7. The van der Waals surface area contributed by atoms with E-state index >= 15 is 0 Å². The fraction of sp³-hybridized carbons (Fsp3) is 0.511. The Hall–Kier alpha value is -4.73. The molecule has 5 rings (SSSR count). The minimum absolute atomic E-state index is 0.0122. The quantitative estimate of drug-likeness (QED) is 0.0360. The largest absolute Gasteiger partial charge is 0.385 e. The van der Waals surface area contributed by atoms with E-state index in [1.54, 1.807) is 44.6 Å². The van der Waals surface area contributed by atoms with Crippen LogP contribution in [0.15, 0.2) is 82.3 Å². The highest BCUT2D eigenvalue weighted by molar-refractivity contribution is 7.86. The van der Waals surface area contributed by atoms with Crippen molar-refractivity contribution in [3.63, 3.8) is 0 Å². The Morgan fingerprint density at radius 2 is 1.33 bits per heavy atom. The lowest BCUT2D eigenvalue weighted by atomic mass is 9.76. The van der Waals surface area contributed by atoms with Crippen LogP contribution in [0.25, 0.3) is 0 Å². The van der Waals surface area contributed by atoms with Gasteiger partial charge in [-0.25, -0.2) is 4.79 Å². The van der Waals surface area contributed by atoms with Crippen LogP contribution in [0.1, 0.15) is 63.5 Å². The van der Waals surface area contributed by atoms with Crippen molar-refractivity contribution in [1.82, 2.24) is 5.06 Å². The molecule has 1 fully saturated rings. The minimum atomic E-state index is -4.62. The number of hydroxylamine groups is 2. The zero-order valence-electron chi connectivity index (χ0n) is 38.9. The maximum atomic E-state index is 12.3. The molecule has 3 N–H and O–H groups in total. The summed E-state index contributed by atoms with van der Waals surface area (Å²) in [6.45, 7) is 5.89. The van der Waals surface area contributed by atoms with Gasteiger partial charge in [-0.1, -0.05) is 18.2 Å². The molecule has 24 heteroatoms. The number of anilines is 1. The lowest BCUT2D eigenvalue weighted by Crippen LogP contribution is -2.32. The average Bonchev–Trinajstić information content (AvgIpc) is 3.81. The SMILES string of the molecule is COCCOCC[N+]1=C(C=CC=CC=C2N(CCOCCOCCC(=O)ON3C(=O)CCC3=O)c3ccc(S(=O)(=O)O)cc3C2(C)CCOC)C(C)(CCCS(=O)(=O)O)c2cc(S(=O)(=O)O)ccc21. The predicted molar refractivity (Wildman–Crippen MR) is 249 cm³/mol. The van der Waals surface area contributed by atoms with E-state index in [0.717, 1.165) is 5.70 Å². The Bertz CT molecular complexity index is 2670. The molecule has 69 heavy (non-hydrogen) atoms. The molecule has 21 nitrogen and oxygen atoms in total. The fourth-order valence-electron chi connectivity index (χ4n) is 8.50. The molecule has 3 aliphatic heterocycles. The van der Waals surface area contributed by atoms with Crippen LogP contribution in [-0.2, 0) is 84.1 Å². The summed E-state index contributed by atoms with van der Waals surface area (Å²) in [7, 11) is -10.4. The number of carbonyl (C=O) groups is 3. The summed E-state index contributed by atoms with van der Waals surface area (Å²) in [5.41, 5.74) is 1.93. The number of nitrogens with zero attached hydrogens (tertiary/aromatic N) is 3. The number of imide groups is 1. The van der Waals surface area contributed by atoms with Crippen LogP contribution < -0.4 is 4.90 Å². The zero-order chi connectivity index (χ0) is 50.6. The molecule has 380 valence electrons. The standard InChI is InChI=1S/C45H59N3O18S3/c1-44(18-8-30-67(52,53)54)35-31-33(68(55,56)57)11-13-37(35)46(20-24-64-27-26-62-4)39(44)9-6-5-7-10-40-45(2,19-23-61-3)36-32-34(69(58,59)60)12-14-38(36)47(40)21-25-65-29-28-63-22-17-43(51)66-48-41(49)15-16-42(48)50/h5-7,9-14,31-32H,8,15-30H2,1-4H3,(H2-,52,53,54,55,56,57,58,59,60)/p+1. The van der Waals surface area contributed by atoms with Gasteiger partial charge in [0.25, 0.3) is 42.2 Å². The van der Waals surface area contributed by atoms with E-state index in [1.165, 1.54) is 24.3 Å². The van der Waals surface area contributed by atoms with Crippen LogP contribution in [-0.4, -0.2) is 158 Å². The van der Waals surface area contributed by atoms with Crippen LogP contribution in [0.5, 0.6) is 0 Å². The number of carbonyl (C=O) groups excluding carboxylic acids is 3. The van der Waals surface area contributed by atoms with E-state index in [0.29, 0.717) is 59.5 Å². The molecule has 0 saturated carbocycles. The van der Waals surface area contributed by atoms with Crippen molar-refractivity contribution in [3.8, 4) is 0 Å². The normalized spacial score (nSPS) is 20.4. The van der Waals surface area contributed by atoms with Gasteiger partial charge in [0, 0.05) is 74.7 Å². The number of allylic oxidation sites excluding steroid dienone is 6. The summed E-state index contributed by atoms with van der Waals surface area (Å²) in [5, 5.41) is 0.471. The number of amides is 2. The second kappa shape index (κ2) is 23.9. The smallest absolute Gasteiger partial charge is 0.335 e. The van der Waals surface area contributed by atoms with Gasteiger partial charge in [0.15, 0.2) is 12.3 Å².